The predicted octanol–water partition coefficient (Wildman–Crippen LogP) is 2.25. The van der Waals surface area contributed by atoms with Gasteiger partial charge in [-0.25, -0.2) is 0 Å². The van der Waals surface area contributed by atoms with Crippen LogP contribution in [0.25, 0.3) is 0 Å². The molecule has 1 aliphatic heterocycles. The van der Waals surface area contributed by atoms with E-state index in [9.17, 15) is 4.79 Å². The van der Waals surface area contributed by atoms with Gasteiger partial charge in [-0.05, 0) is 25.0 Å². The Morgan fingerprint density at radius 2 is 2.23 bits per heavy atom. The highest BCUT2D eigenvalue weighted by molar-refractivity contribution is 5.82. The molecule has 1 heterocycles. The van der Waals surface area contributed by atoms with Crippen molar-refractivity contribution in [2.45, 2.75) is 18.8 Å². The topological polar surface area (TPSA) is 29.4 Å². The lowest BCUT2D eigenvalue weighted by molar-refractivity contribution is -0.111. The van der Waals surface area contributed by atoms with Crippen LogP contribution in [0.2, 0.25) is 0 Å². The molecule has 2 heteroatoms. The first-order valence-electron chi connectivity index (χ1n) is 4.35. The van der Waals surface area contributed by atoms with E-state index in [2.05, 4.69) is 4.99 Å². The van der Waals surface area contributed by atoms with Gasteiger partial charge in [-0.3, -0.25) is 4.99 Å². The van der Waals surface area contributed by atoms with Gasteiger partial charge in [0.2, 0.25) is 0 Å². The van der Waals surface area contributed by atoms with E-state index >= 15 is 0 Å². The zero-order chi connectivity index (χ0) is 9.31. The third-order valence-corrected chi connectivity index (χ3v) is 2.53. The second kappa shape index (κ2) is 2.80. The van der Waals surface area contributed by atoms with Crippen LogP contribution in [0.15, 0.2) is 29.3 Å². The van der Waals surface area contributed by atoms with Crippen molar-refractivity contribution < 1.29 is 4.79 Å². The quantitative estimate of drug-likeness (QED) is 0.599. The van der Waals surface area contributed by atoms with Gasteiger partial charge in [-0.1, -0.05) is 18.2 Å². The monoisotopic (exact) mass is 173 g/mol. The van der Waals surface area contributed by atoms with Crippen LogP contribution >= 0.6 is 0 Å². The summed E-state index contributed by atoms with van der Waals surface area (Å²) in [6, 6.07) is 7.79. The van der Waals surface area contributed by atoms with Crippen LogP contribution < -0.4 is 0 Å². The number of nitrogens with zero attached hydrogens (tertiary/aromatic N) is 1. The molecule has 0 bridgehead atoms. The van der Waals surface area contributed by atoms with E-state index in [0.717, 1.165) is 17.5 Å². The molecular formula is C11H11NO. The molecule has 0 N–H and O–H groups in total. The maximum atomic E-state index is 11.0. The lowest BCUT2D eigenvalue weighted by atomic mass is 9.79. The highest BCUT2D eigenvalue weighted by Crippen LogP contribution is 2.35. The summed E-state index contributed by atoms with van der Waals surface area (Å²) < 4.78 is 0. The predicted molar refractivity (Wildman–Crippen MR) is 52.6 cm³/mol. The Kier molecular flexibility index (Phi) is 1.76. The largest absolute Gasteiger partial charge is 0.302 e. The number of benzene rings is 1. The minimum Gasteiger partial charge on any atom is -0.302 e. The minimum absolute atomic E-state index is 0.377. The normalized spacial score (nSPS) is 25.3. The van der Waals surface area contributed by atoms with Crippen LogP contribution in [-0.2, 0) is 10.2 Å². The fourth-order valence-corrected chi connectivity index (χ4v) is 1.62. The average Bonchev–Trinajstić information content (AvgIpc) is 2.19. The van der Waals surface area contributed by atoms with E-state index in [0.29, 0.717) is 6.42 Å². The van der Waals surface area contributed by atoms with Crippen molar-refractivity contribution in [3.05, 3.63) is 29.8 Å². The van der Waals surface area contributed by atoms with Crippen molar-refractivity contribution in [1.29, 1.82) is 0 Å². The summed E-state index contributed by atoms with van der Waals surface area (Å²) in [5.41, 5.74) is 1.58. The van der Waals surface area contributed by atoms with Gasteiger partial charge >= 0.3 is 0 Å². The highest BCUT2D eigenvalue weighted by Gasteiger charge is 2.29. The maximum absolute atomic E-state index is 11.0. The third kappa shape index (κ3) is 1.18. The molecule has 1 aromatic carbocycles. The van der Waals surface area contributed by atoms with E-state index in [-0.39, 0.29) is 5.41 Å². The molecular weight excluding hydrogens is 162 g/mol. The van der Waals surface area contributed by atoms with Crippen LogP contribution in [0.1, 0.15) is 18.9 Å². The molecule has 0 radical (unpaired) electrons. The highest BCUT2D eigenvalue weighted by atomic mass is 16.1. The molecule has 0 saturated carbocycles. The standard InChI is InChI=1S/C11H11NO/c1-11(8-13)6-7-12-10-5-3-2-4-9(10)11/h2-5,7-8H,6H2,1H3. The molecule has 0 aromatic heterocycles. The van der Waals surface area contributed by atoms with Crippen molar-refractivity contribution in [1.82, 2.24) is 0 Å². The Bertz CT molecular complexity index is 370. The SMILES string of the molecule is CC1(C=O)CC=Nc2ccccc21. The van der Waals surface area contributed by atoms with E-state index < -0.39 is 0 Å². The molecule has 66 valence electrons. The van der Waals surface area contributed by atoms with Crippen LogP contribution in [-0.4, -0.2) is 12.5 Å². The number of para-hydroxylation sites is 1. The number of aliphatic imine (C=N–C) groups is 1. The number of fused-ring (bicyclic) bond motifs is 1. The Morgan fingerprint density at radius 3 is 3.00 bits per heavy atom. The first-order valence-corrected chi connectivity index (χ1v) is 4.35. The Hall–Kier alpha value is -1.44. The number of carbonyl (C=O) groups is 1. The number of hydrogen-bond acceptors (Lipinski definition) is 2. The van der Waals surface area contributed by atoms with E-state index in [1.165, 1.54) is 0 Å². The van der Waals surface area contributed by atoms with Gasteiger partial charge in [0.15, 0.2) is 0 Å². The molecule has 2 nitrogen and oxygen atoms in total. The van der Waals surface area contributed by atoms with Crippen molar-refractivity contribution in [3.63, 3.8) is 0 Å². The number of carbonyl (C=O) groups excluding carboxylic acids is 1. The molecule has 0 fully saturated rings. The van der Waals surface area contributed by atoms with Crippen molar-refractivity contribution in [3.8, 4) is 0 Å². The van der Waals surface area contributed by atoms with Gasteiger partial charge < -0.3 is 4.79 Å². The number of hydrogen-bond donors (Lipinski definition) is 0. The molecule has 2 rings (SSSR count). The Balaban J connectivity index is 2.61. The third-order valence-electron chi connectivity index (χ3n) is 2.53. The fourth-order valence-electron chi connectivity index (χ4n) is 1.62. The Morgan fingerprint density at radius 1 is 1.46 bits per heavy atom. The van der Waals surface area contributed by atoms with Gasteiger partial charge in [0, 0.05) is 6.21 Å². The average molecular weight is 173 g/mol. The summed E-state index contributed by atoms with van der Waals surface area (Å²) in [6.45, 7) is 1.95. The first-order chi connectivity index (χ1) is 6.26. The van der Waals surface area contributed by atoms with Gasteiger partial charge in [0.25, 0.3) is 0 Å². The molecule has 0 spiro atoms. The van der Waals surface area contributed by atoms with E-state index in [4.69, 9.17) is 0 Å². The zero-order valence-electron chi connectivity index (χ0n) is 7.53. The van der Waals surface area contributed by atoms with Crippen molar-refractivity contribution >= 4 is 18.2 Å². The molecule has 1 atom stereocenters. The summed E-state index contributed by atoms with van der Waals surface area (Å²) in [5.74, 6) is 0. The molecule has 0 amide bonds. The van der Waals surface area contributed by atoms with Crippen molar-refractivity contribution in [2.75, 3.05) is 0 Å². The van der Waals surface area contributed by atoms with Crippen LogP contribution in [0.3, 0.4) is 0 Å². The minimum atomic E-state index is -0.377. The summed E-state index contributed by atoms with van der Waals surface area (Å²) >= 11 is 0. The molecule has 13 heavy (non-hydrogen) atoms. The second-order valence-electron chi connectivity index (χ2n) is 3.57. The van der Waals surface area contributed by atoms with Crippen molar-refractivity contribution in [2.24, 2.45) is 4.99 Å². The number of rotatable bonds is 1. The van der Waals surface area contributed by atoms with E-state index in [1.54, 1.807) is 0 Å². The molecule has 1 aliphatic rings. The lowest BCUT2D eigenvalue weighted by Gasteiger charge is -2.26. The zero-order valence-corrected chi connectivity index (χ0v) is 7.53. The van der Waals surface area contributed by atoms with Gasteiger partial charge in [-0.15, -0.1) is 0 Å². The van der Waals surface area contributed by atoms with E-state index in [1.807, 2.05) is 37.4 Å². The number of aldehydes is 1. The second-order valence-corrected chi connectivity index (χ2v) is 3.57. The summed E-state index contributed by atoms with van der Waals surface area (Å²) in [6.07, 6.45) is 3.53. The molecule has 0 aliphatic carbocycles. The van der Waals surface area contributed by atoms with Gasteiger partial charge in [-0.2, -0.15) is 0 Å². The molecule has 1 unspecified atom stereocenters. The van der Waals surface area contributed by atoms with Crippen LogP contribution in [0.5, 0.6) is 0 Å². The van der Waals surface area contributed by atoms with Crippen LogP contribution in [0, 0.1) is 0 Å². The fraction of sp³-hybridized carbons (Fsp3) is 0.273. The van der Waals surface area contributed by atoms with Crippen LogP contribution in [0.4, 0.5) is 5.69 Å². The Labute approximate surface area is 77.3 Å². The summed E-state index contributed by atoms with van der Waals surface area (Å²) in [5, 5.41) is 0. The summed E-state index contributed by atoms with van der Waals surface area (Å²) in [4.78, 5) is 15.2. The first kappa shape index (κ1) is 8.17. The van der Waals surface area contributed by atoms with Gasteiger partial charge in [0.1, 0.15) is 6.29 Å². The van der Waals surface area contributed by atoms with Gasteiger partial charge in [0.05, 0.1) is 11.1 Å². The lowest BCUT2D eigenvalue weighted by Crippen LogP contribution is -2.26. The maximum Gasteiger partial charge on any atom is 0.130 e. The molecule has 1 aromatic rings. The smallest absolute Gasteiger partial charge is 0.130 e. The summed E-state index contributed by atoms with van der Waals surface area (Å²) in [7, 11) is 0. The molecule has 0 saturated heterocycles.